The molecule has 0 aliphatic carbocycles. The fourth-order valence-electron chi connectivity index (χ4n) is 16.8. The molecule has 11 heterocycles. The van der Waals surface area contributed by atoms with Crippen LogP contribution in [0.2, 0.25) is 0 Å². The fourth-order valence-corrected chi connectivity index (χ4v) is 17.6. The summed E-state index contributed by atoms with van der Waals surface area (Å²) in [5, 5.41) is 27.4. The van der Waals surface area contributed by atoms with E-state index >= 15 is 0 Å². The number of carbonyl (C=O) groups is 2. The van der Waals surface area contributed by atoms with Gasteiger partial charge in [-0.05, 0) is 90.2 Å². The van der Waals surface area contributed by atoms with E-state index in [0.29, 0.717) is 75.3 Å². The van der Waals surface area contributed by atoms with Gasteiger partial charge in [-0.1, -0.05) is 62.1 Å². The van der Waals surface area contributed by atoms with Crippen molar-refractivity contribution in [2.24, 2.45) is 11.8 Å². The maximum atomic E-state index is 13.8. The van der Waals surface area contributed by atoms with Crippen LogP contribution in [0, 0.1) is 11.8 Å². The number of benzene rings is 1. The third kappa shape index (κ3) is 15.4. The number of nitrogens with one attached hydrogen (secondary N) is 1. The summed E-state index contributed by atoms with van der Waals surface area (Å²) < 4.78 is 160. The van der Waals surface area contributed by atoms with Crippen LogP contribution in [0.4, 0.5) is 0 Å². The molecule has 0 bridgehead atoms. The molecule has 29 heteroatoms. The van der Waals surface area contributed by atoms with Crippen molar-refractivity contribution in [3.63, 3.8) is 0 Å². The molecule has 1 amide bonds. The number of aliphatic hydroxyl groups is 2. The van der Waals surface area contributed by atoms with Crippen molar-refractivity contribution in [3.05, 3.63) is 72.9 Å². The van der Waals surface area contributed by atoms with Gasteiger partial charge in [0.05, 0.1) is 134 Å². The molecular weight excluding hydrogens is 1280 g/mol. The third-order valence-corrected chi connectivity index (χ3v) is 22.8. The van der Waals surface area contributed by atoms with E-state index in [4.69, 9.17) is 61.0 Å². The normalized spacial score (nSPS) is 45.0. The van der Waals surface area contributed by atoms with E-state index in [1.165, 1.54) is 20.1 Å². The first-order valence-electron chi connectivity index (χ1n) is 32.2. The van der Waals surface area contributed by atoms with Crippen LogP contribution in [0.15, 0.2) is 67.3 Å². The van der Waals surface area contributed by atoms with Crippen molar-refractivity contribution in [1.82, 2.24) is 5.32 Å². The van der Waals surface area contributed by atoms with Gasteiger partial charge in [0.15, 0.2) is 6.04 Å². The van der Waals surface area contributed by atoms with Crippen molar-refractivity contribution in [2.45, 2.75) is 288 Å². The van der Waals surface area contributed by atoms with Gasteiger partial charge >= 0.3 is 65.1 Å². The summed E-state index contributed by atoms with van der Waals surface area (Å²) in [4.78, 5) is 26.6. The SMILES string of the molecule is C=CC[C@@H](/C=C/[C@@](C)(O)[C@H]1O[C@@H]2C[C@@H]3O[C@@H]4C[C@@H]5O[C@@H]6C[C@@H]7O[C@@H]8C[C@@H]9O[C@@H]%10C[C@@H]%11O[C@](C)(CCOS(=O)(=O)[O-])[C@@H](OS(=O)(=O)[O-])C[C@H]%11O[C@H]%10C[C@H]9O[C@H]8CC[C@@]7(C)O[C@@]6(C)CC[C@H](C)[C@H]5O[C@H]4[C@@H](O)[C@@]3(C)O[C@H]2CC1=C)C(=O)N[C@H](C(=O)OC)c1ccccc1.[Na+].[Na+]. The molecule has 1 aromatic carbocycles. The van der Waals surface area contributed by atoms with Crippen LogP contribution in [-0.4, -0.2) is 212 Å². The minimum absolute atomic E-state index is 0. The first kappa shape index (κ1) is 74.3. The number of amides is 1. The molecule has 1 aromatic rings. The van der Waals surface area contributed by atoms with Crippen molar-refractivity contribution in [2.75, 3.05) is 13.7 Å². The summed E-state index contributed by atoms with van der Waals surface area (Å²) in [6, 6.07) is 7.72. The molecule has 12 rings (SSSR count). The van der Waals surface area contributed by atoms with Crippen molar-refractivity contribution >= 4 is 32.7 Å². The topological polar surface area (TPSA) is 330 Å². The van der Waals surface area contributed by atoms with Gasteiger partial charge in [-0.2, -0.15) is 0 Å². The van der Waals surface area contributed by atoms with Gasteiger partial charge in [-0.15, -0.1) is 6.58 Å². The zero-order valence-corrected chi connectivity index (χ0v) is 60.2. The third-order valence-electron chi connectivity index (χ3n) is 21.8. The molecule has 28 atom stereocenters. The Kier molecular flexibility index (Phi) is 22.8. The minimum Gasteiger partial charge on any atom is -0.726 e. The molecule has 3 N–H and O–H groups in total. The van der Waals surface area contributed by atoms with E-state index in [0.717, 1.165) is 6.42 Å². The number of methoxy groups -OCH3 is 1. The van der Waals surface area contributed by atoms with E-state index < -0.39 is 171 Å². The Balaban J connectivity index is 0.00000473. The molecule has 93 heavy (non-hydrogen) atoms. The number of fused-ring (bicyclic) bond motifs is 10. The average molecular weight is 1370 g/mol. The number of hydrogen-bond donors (Lipinski definition) is 3. The van der Waals surface area contributed by atoms with Crippen molar-refractivity contribution in [3.8, 4) is 0 Å². The molecule has 0 saturated carbocycles. The van der Waals surface area contributed by atoms with E-state index in [1.54, 1.807) is 49.4 Å². The number of allylic oxidation sites excluding steroid dienone is 1. The summed E-state index contributed by atoms with van der Waals surface area (Å²) in [6.07, 6.45) is -1.47. The van der Waals surface area contributed by atoms with Crippen LogP contribution in [0.5, 0.6) is 0 Å². The van der Waals surface area contributed by atoms with Gasteiger partial charge in [0.1, 0.15) is 35.6 Å². The van der Waals surface area contributed by atoms with Crippen LogP contribution in [0.3, 0.4) is 0 Å². The van der Waals surface area contributed by atoms with Gasteiger partial charge in [0.25, 0.3) is 0 Å². The van der Waals surface area contributed by atoms with Gasteiger partial charge in [0.2, 0.25) is 26.7 Å². The van der Waals surface area contributed by atoms with Gasteiger partial charge < -0.3 is 81.5 Å². The van der Waals surface area contributed by atoms with E-state index in [9.17, 15) is 45.7 Å². The molecule has 25 nitrogen and oxygen atoms in total. The Morgan fingerprint density at radius 2 is 1.30 bits per heavy atom. The number of ether oxygens (including phenoxy) is 12. The molecular formula is C64H89NNa2O24S2. The molecule has 0 spiro atoms. The Morgan fingerprint density at radius 3 is 1.94 bits per heavy atom. The molecule has 0 aromatic heterocycles. The molecule has 0 unspecified atom stereocenters. The molecule has 0 radical (unpaired) electrons. The molecule has 11 aliphatic rings. The van der Waals surface area contributed by atoms with Crippen LogP contribution in [-0.2, 0) is 95.6 Å². The second-order valence-corrected chi connectivity index (χ2v) is 30.4. The van der Waals surface area contributed by atoms with Gasteiger partial charge in [-0.3, -0.25) is 13.2 Å². The maximum Gasteiger partial charge on any atom is 1.00 e. The summed E-state index contributed by atoms with van der Waals surface area (Å²) in [6.45, 7) is 18.9. The van der Waals surface area contributed by atoms with Gasteiger partial charge in [-0.25, -0.2) is 21.6 Å². The average Bonchev–Trinajstić information content (AvgIpc) is 1.26. The monoisotopic (exact) mass is 1370 g/mol. The Morgan fingerprint density at radius 1 is 0.731 bits per heavy atom. The first-order chi connectivity index (χ1) is 42.9. The zero-order valence-electron chi connectivity index (χ0n) is 54.6. The number of hydrogen-bond acceptors (Lipinski definition) is 24. The van der Waals surface area contributed by atoms with E-state index in [1.807, 2.05) is 6.92 Å². The fraction of sp³-hybridized carbons (Fsp3) is 0.781. The van der Waals surface area contributed by atoms with E-state index in [2.05, 4.69) is 43.4 Å². The van der Waals surface area contributed by atoms with Crippen LogP contribution in [0.25, 0.3) is 0 Å². The molecule has 11 fully saturated rings. The van der Waals surface area contributed by atoms with Crippen LogP contribution in [0.1, 0.15) is 143 Å². The molecule has 11 aliphatic heterocycles. The molecule has 11 saturated heterocycles. The Bertz CT molecular complexity index is 3130. The predicted molar refractivity (Wildman–Crippen MR) is 316 cm³/mol. The zero-order chi connectivity index (χ0) is 65.0. The summed E-state index contributed by atoms with van der Waals surface area (Å²) in [5.41, 5.74) is -4.66. The maximum absolute atomic E-state index is 13.8. The summed E-state index contributed by atoms with van der Waals surface area (Å²) in [5.74, 6) is -1.90. The number of aliphatic hydroxyl groups excluding tert-OH is 1. The first-order valence-corrected chi connectivity index (χ1v) is 34.9. The quantitative estimate of drug-likeness (QED) is 0.0590. The minimum atomic E-state index is -5.23. The second kappa shape index (κ2) is 28.6. The van der Waals surface area contributed by atoms with Crippen molar-refractivity contribution in [1.29, 1.82) is 0 Å². The Hall–Kier alpha value is -1.40. The molecule has 508 valence electrons. The number of rotatable bonds is 15. The van der Waals surface area contributed by atoms with E-state index in [-0.39, 0.29) is 115 Å². The second-order valence-electron chi connectivity index (χ2n) is 28.4. The van der Waals surface area contributed by atoms with Gasteiger partial charge in [0, 0.05) is 51.4 Å². The van der Waals surface area contributed by atoms with Crippen LogP contribution >= 0.6 is 0 Å². The summed E-state index contributed by atoms with van der Waals surface area (Å²) in [7, 11) is -9.04. The standard InChI is InChI=1S/C64H91NO24S2.2Na/c1-10-14-36(58(67)65-53(59(68)76-9)35-15-12-11-13-16-35)18-20-60(4,69)57-34(3)25-45-44(84-57)31-52-64(8,87-45)56(66)55-48(83-52)29-47-54(85-55)33(2)17-21-62(6)50(82-47)32-49-63(7,89-62)22-19-37-38(81-49)26-40-39(78-37)27-41-42(79-40)28-46-43(80-41)30-51(88-91(73,74)75)61(5,86-46)23-24-77-90(70,71)72;;/h10-13,15-16,18,20,33,36-57,66,69H,1,3,14,17,19,21-32H2,2,4-9H3,(H,65,67)(H,70,71,72)(H,73,74,75);;/q;2*+1/p-2/b20-18+;;/t33-,36-,37-,38+,39+,40-,41-,42+,43+,44+,45-,46-,47-,48+,49-,50+,51-,52-,53-,54+,55+,56+,57-,60+,61+,62-,63+,64-;;/m0../s1. The predicted octanol–water partition coefficient (Wildman–Crippen LogP) is -1.53. The largest absolute Gasteiger partial charge is 1.00 e. The smallest absolute Gasteiger partial charge is 0.726 e. The number of carbonyl (C=O) groups excluding carboxylic acids is 2. The van der Waals surface area contributed by atoms with Crippen LogP contribution < -0.4 is 64.4 Å². The summed E-state index contributed by atoms with van der Waals surface area (Å²) >= 11 is 0. The van der Waals surface area contributed by atoms with Crippen molar-refractivity contribution < 1.29 is 170 Å². The Labute approximate surface area is 589 Å². The number of esters is 1.